The van der Waals surface area contributed by atoms with Crippen molar-refractivity contribution in [2.45, 2.75) is 13.0 Å². The number of benzene rings is 1. The largest absolute Gasteiger partial charge is 0.323 e. The summed E-state index contributed by atoms with van der Waals surface area (Å²) in [6.07, 6.45) is 2.63. The first-order chi connectivity index (χ1) is 11.7. The summed E-state index contributed by atoms with van der Waals surface area (Å²) in [6.45, 7) is 4.09. The maximum Gasteiger partial charge on any atom is 0.323 e. The van der Waals surface area contributed by atoms with Gasteiger partial charge >= 0.3 is 6.03 Å². The van der Waals surface area contributed by atoms with Crippen molar-refractivity contribution in [3.8, 4) is 6.07 Å². The fraction of sp³-hybridized carbons (Fsp3) is 0.353. The topological polar surface area (TPSA) is 72.3 Å². The van der Waals surface area contributed by atoms with Gasteiger partial charge in [0, 0.05) is 44.3 Å². The fourth-order valence-electron chi connectivity index (χ4n) is 2.73. The predicted molar refractivity (Wildman–Crippen MR) is 93.8 cm³/mol. The van der Waals surface area contributed by atoms with Crippen LogP contribution < -0.4 is 5.32 Å². The number of rotatable bonds is 3. The van der Waals surface area contributed by atoms with Gasteiger partial charge in [-0.05, 0) is 24.1 Å². The average molecular weight is 341 g/mol. The number of nitriles is 1. The Morgan fingerprint density at radius 1 is 1.25 bits per heavy atom. The summed E-state index contributed by atoms with van der Waals surface area (Å²) in [5.74, 6) is 0. The molecule has 0 atom stereocenters. The van der Waals surface area contributed by atoms with Crippen LogP contribution in [-0.2, 0) is 6.54 Å². The van der Waals surface area contributed by atoms with Crippen LogP contribution in [0.4, 0.5) is 9.93 Å². The van der Waals surface area contributed by atoms with E-state index < -0.39 is 0 Å². The van der Waals surface area contributed by atoms with Gasteiger partial charge in [-0.3, -0.25) is 10.2 Å². The number of carbonyl (C=O) groups excluding carboxylic acids is 1. The molecule has 2 heterocycles. The van der Waals surface area contributed by atoms with Gasteiger partial charge in [-0.15, -0.1) is 11.3 Å². The number of hydrogen-bond acceptors (Lipinski definition) is 5. The van der Waals surface area contributed by atoms with Crippen LogP contribution in [0.1, 0.15) is 17.5 Å². The first-order valence-electron chi connectivity index (χ1n) is 7.91. The lowest BCUT2D eigenvalue weighted by Gasteiger charge is -2.22. The molecule has 24 heavy (non-hydrogen) atoms. The van der Waals surface area contributed by atoms with E-state index >= 15 is 0 Å². The quantitative estimate of drug-likeness (QED) is 0.932. The van der Waals surface area contributed by atoms with Crippen LogP contribution in [0.15, 0.2) is 35.8 Å². The lowest BCUT2D eigenvalue weighted by atomic mass is 10.1. The molecule has 7 heteroatoms. The van der Waals surface area contributed by atoms with Crippen LogP contribution >= 0.6 is 11.3 Å². The van der Waals surface area contributed by atoms with Crippen LogP contribution in [-0.4, -0.2) is 47.0 Å². The average Bonchev–Trinajstić information content (AvgIpc) is 3.00. The van der Waals surface area contributed by atoms with Gasteiger partial charge in [0.1, 0.15) is 0 Å². The van der Waals surface area contributed by atoms with Crippen molar-refractivity contribution in [1.82, 2.24) is 14.8 Å². The summed E-state index contributed by atoms with van der Waals surface area (Å²) in [5.41, 5.74) is 1.87. The molecule has 1 aliphatic rings. The smallest absolute Gasteiger partial charge is 0.323 e. The van der Waals surface area contributed by atoms with Gasteiger partial charge in [-0.25, -0.2) is 9.78 Å². The minimum atomic E-state index is -0.0785. The highest BCUT2D eigenvalue weighted by Crippen LogP contribution is 2.14. The first-order valence-corrected chi connectivity index (χ1v) is 8.79. The minimum Gasteiger partial charge on any atom is -0.323 e. The summed E-state index contributed by atoms with van der Waals surface area (Å²) in [5, 5.41) is 14.2. The Morgan fingerprint density at radius 3 is 2.79 bits per heavy atom. The standard InChI is InChI=1S/C17H19N5OS/c18-12-14-2-4-15(5-3-14)13-21-7-1-8-22(10-9-21)17(23)20-16-19-6-11-24-16/h2-6,11H,1,7-10,13H2,(H,19,20,23). The van der Waals surface area contributed by atoms with Gasteiger partial charge in [0.15, 0.2) is 5.13 Å². The van der Waals surface area contributed by atoms with Crippen molar-refractivity contribution in [2.75, 3.05) is 31.5 Å². The molecule has 1 aromatic carbocycles. The molecule has 2 aromatic rings. The number of nitrogens with zero attached hydrogens (tertiary/aromatic N) is 4. The molecule has 0 saturated carbocycles. The van der Waals surface area contributed by atoms with Crippen LogP contribution in [0.25, 0.3) is 0 Å². The Bertz CT molecular complexity index is 708. The highest BCUT2D eigenvalue weighted by atomic mass is 32.1. The summed E-state index contributed by atoms with van der Waals surface area (Å²) in [6, 6.07) is 9.75. The summed E-state index contributed by atoms with van der Waals surface area (Å²) in [7, 11) is 0. The molecular weight excluding hydrogens is 322 g/mol. The van der Waals surface area contributed by atoms with Gasteiger partial charge in [0.05, 0.1) is 11.6 Å². The summed E-state index contributed by atoms with van der Waals surface area (Å²) in [4.78, 5) is 20.6. The zero-order valence-electron chi connectivity index (χ0n) is 13.3. The third kappa shape index (κ3) is 4.31. The predicted octanol–water partition coefficient (Wildman–Crippen LogP) is 2.75. The van der Waals surface area contributed by atoms with Crippen molar-refractivity contribution in [1.29, 1.82) is 5.26 Å². The number of amides is 2. The molecule has 1 N–H and O–H groups in total. The van der Waals surface area contributed by atoms with E-state index in [0.717, 1.165) is 32.6 Å². The van der Waals surface area contributed by atoms with Gasteiger partial charge < -0.3 is 4.90 Å². The van der Waals surface area contributed by atoms with Crippen LogP contribution in [0, 0.1) is 11.3 Å². The highest BCUT2D eigenvalue weighted by Gasteiger charge is 2.19. The van der Waals surface area contributed by atoms with E-state index in [1.165, 1.54) is 16.9 Å². The molecule has 6 nitrogen and oxygen atoms in total. The number of aromatic nitrogens is 1. The van der Waals surface area contributed by atoms with E-state index in [1.807, 2.05) is 34.5 Å². The lowest BCUT2D eigenvalue weighted by Crippen LogP contribution is -2.38. The van der Waals surface area contributed by atoms with Crippen LogP contribution in [0.3, 0.4) is 0 Å². The van der Waals surface area contributed by atoms with E-state index in [4.69, 9.17) is 5.26 Å². The molecule has 1 saturated heterocycles. The summed E-state index contributed by atoms with van der Waals surface area (Å²) < 4.78 is 0. The summed E-state index contributed by atoms with van der Waals surface area (Å²) >= 11 is 1.42. The third-order valence-corrected chi connectivity index (χ3v) is 4.70. The number of thiazole rings is 1. The van der Waals surface area contributed by atoms with Gasteiger partial charge in [0.25, 0.3) is 0 Å². The maximum atomic E-state index is 12.3. The molecule has 1 aliphatic heterocycles. The molecule has 0 unspecified atom stereocenters. The van der Waals surface area contributed by atoms with E-state index in [2.05, 4.69) is 21.3 Å². The third-order valence-electron chi connectivity index (χ3n) is 4.01. The SMILES string of the molecule is N#Cc1ccc(CN2CCCN(C(=O)Nc3nccs3)CC2)cc1. The Labute approximate surface area is 145 Å². The molecule has 1 fully saturated rings. The Hall–Kier alpha value is -2.43. The Kier molecular flexibility index (Phi) is 5.41. The monoisotopic (exact) mass is 341 g/mol. The van der Waals surface area contributed by atoms with Gasteiger partial charge in [-0.2, -0.15) is 5.26 Å². The first kappa shape index (κ1) is 16.4. The number of hydrogen-bond donors (Lipinski definition) is 1. The molecule has 0 spiro atoms. The lowest BCUT2D eigenvalue weighted by molar-refractivity contribution is 0.211. The Balaban J connectivity index is 1.52. The fourth-order valence-corrected chi connectivity index (χ4v) is 3.25. The van der Waals surface area contributed by atoms with Crippen LogP contribution in [0.5, 0.6) is 0 Å². The number of urea groups is 1. The van der Waals surface area contributed by atoms with E-state index in [-0.39, 0.29) is 6.03 Å². The molecule has 1 aromatic heterocycles. The maximum absolute atomic E-state index is 12.3. The van der Waals surface area contributed by atoms with Crippen molar-refractivity contribution in [3.63, 3.8) is 0 Å². The van der Waals surface area contributed by atoms with Crippen molar-refractivity contribution in [2.24, 2.45) is 0 Å². The molecular formula is C17H19N5OS. The molecule has 3 rings (SSSR count). The minimum absolute atomic E-state index is 0.0785. The Morgan fingerprint density at radius 2 is 2.08 bits per heavy atom. The van der Waals surface area contributed by atoms with E-state index in [1.54, 1.807) is 6.20 Å². The van der Waals surface area contributed by atoms with Crippen molar-refractivity contribution < 1.29 is 4.79 Å². The van der Waals surface area contributed by atoms with E-state index in [0.29, 0.717) is 17.2 Å². The molecule has 0 bridgehead atoms. The van der Waals surface area contributed by atoms with Crippen molar-refractivity contribution >= 4 is 22.5 Å². The molecule has 0 aliphatic carbocycles. The van der Waals surface area contributed by atoms with Crippen molar-refractivity contribution in [3.05, 3.63) is 47.0 Å². The zero-order chi connectivity index (χ0) is 16.8. The second-order valence-corrected chi connectivity index (χ2v) is 6.59. The second-order valence-electron chi connectivity index (χ2n) is 5.69. The van der Waals surface area contributed by atoms with Gasteiger partial charge in [0.2, 0.25) is 0 Å². The zero-order valence-corrected chi connectivity index (χ0v) is 14.1. The highest BCUT2D eigenvalue weighted by molar-refractivity contribution is 7.13. The van der Waals surface area contributed by atoms with E-state index in [9.17, 15) is 4.79 Å². The van der Waals surface area contributed by atoms with Crippen LogP contribution in [0.2, 0.25) is 0 Å². The second kappa shape index (κ2) is 7.90. The number of carbonyl (C=O) groups is 1. The number of anilines is 1. The molecule has 124 valence electrons. The van der Waals surface area contributed by atoms with Gasteiger partial charge in [-0.1, -0.05) is 12.1 Å². The molecule has 0 radical (unpaired) electrons. The normalized spacial score (nSPS) is 15.5. The number of nitrogens with one attached hydrogen (secondary N) is 1. The molecule has 2 amide bonds.